The molecule has 58 valence electrons. The van der Waals surface area contributed by atoms with E-state index < -0.39 is 0 Å². The van der Waals surface area contributed by atoms with Gasteiger partial charge in [0.1, 0.15) is 0 Å². The molecule has 0 aliphatic heterocycles. The molecule has 0 heterocycles. The highest BCUT2D eigenvalue weighted by Gasteiger charge is 2.47. The van der Waals surface area contributed by atoms with Gasteiger partial charge in [-0.05, 0) is 24.7 Å². The van der Waals surface area contributed by atoms with E-state index in [9.17, 15) is 0 Å². The Morgan fingerprint density at radius 2 is 1.20 bits per heavy atom. The van der Waals surface area contributed by atoms with Crippen LogP contribution in [0.4, 0.5) is 0 Å². The summed E-state index contributed by atoms with van der Waals surface area (Å²) in [5.74, 6) is 2.22. The second-order valence-electron chi connectivity index (χ2n) is 3.50. The topological polar surface area (TPSA) is 0 Å². The predicted molar refractivity (Wildman–Crippen MR) is 61.1 cm³/mol. The van der Waals surface area contributed by atoms with Crippen molar-refractivity contribution in [3.8, 4) is 0 Å². The van der Waals surface area contributed by atoms with Crippen LogP contribution in [0, 0.1) is 11.8 Å². The van der Waals surface area contributed by atoms with Crippen LogP contribution in [0.3, 0.4) is 0 Å². The molecule has 2 saturated carbocycles. The molecule has 0 bridgehead atoms. The molecule has 0 nitrogen and oxygen atoms in total. The van der Waals surface area contributed by atoms with Crippen LogP contribution in [-0.2, 0) is 0 Å². The molecule has 0 saturated heterocycles. The average molecular weight is 362 g/mol. The maximum absolute atomic E-state index is 2.65. The quantitative estimate of drug-likeness (QED) is 0.458. The van der Waals surface area contributed by atoms with Crippen LogP contribution in [0.5, 0.6) is 0 Å². The zero-order valence-corrected chi connectivity index (χ0v) is 10.2. The summed E-state index contributed by atoms with van der Waals surface area (Å²) in [6.07, 6.45) is 6.06. The van der Waals surface area contributed by atoms with Crippen molar-refractivity contribution in [3.05, 3.63) is 0 Å². The Balaban J connectivity index is 2.00. The third-order valence-corrected chi connectivity index (χ3v) is 7.77. The third kappa shape index (κ3) is 1.13. The van der Waals surface area contributed by atoms with Crippen molar-refractivity contribution in [2.24, 2.45) is 11.8 Å². The number of fused-ring (bicyclic) bond motifs is 1. The van der Waals surface area contributed by atoms with Crippen molar-refractivity contribution in [2.75, 3.05) is 0 Å². The second-order valence-corrected chi connectivity index (χ2v) is 6.38. The molecule has 2 aliphatic carbocycles. The monoisotopic (exact) mass is 362 g/mol. The summed E-state index contributed by atoms with van der Waals surface area (Å²) in [5, 5.41) is 0. The molecule has 0 N–H and O–H groups in total. The summed E-state index contributed by atoms with van der Waals surface area (Å²) in [5.41, 5.74) is 0. The molecule has 2 fully saturated rings. The molecule has 2 rings (SSSR count). The van der Waals surface area contributed by atoms with Crippen molar-refractivity contribution in [1.82, 2.24) is 0 Å². The largest absolute Gasteiger partial charge is 0.0812 e. The number of alkyl halides is 2. The van der Waals surface area contributed by atoms with Crippen molar-refractivity contribution < 1.29 is 0 Å². The molecule has 0 aromatic rings. The van der Waals surface area contributed by atoms with Crippen LogP contribution in [0.2, 0.25) is 0 Å². The Bertz CT molecular complexity index is 119. The molecular weight excluding hydrogens is 350 g/mol. The summed E-state index contributed by atoms with van der Waals surface area (Å²) in [7, 11) is 0. The molecule has 0 radical (unpaired) electrons. The molecule has 0 spiro atoms. The van der Waals surface area contributed by atoms with E-state index in [2.05, 4.69) is 45.2 Å². The zero-order chi connectivity index (χ0) is 7.14. The van der Waals surface area contributed by atoms with Gasteiger partial charge in [-0.1, -0.05) is 58.0 Å². The lowest BCUT2D eigenvalue weighted by molar-refractivity contribution is 0.152. The first-order valence-corrected chi connectivity index (χ1v) is 6.58. The lowest BCUT2D eigenvalue weighted by Crippen LogP contribution is -2.50. The Morgan fingerprint density at radius 1 is 0.800 bits per heavy atom. The highest BCUT2D eigenvalue weighted by Crippen LogP contribution is 2.52. The standard InChI is InChI=1S/C8H12I2/c9-7-5-3-1-2-4-6(5)8(7)10/h5-8H,1-4H2. The first-order valence-electron chi connectivity index (χ1n) is 4.09. The highest BCUT2D eigenvalue weighted by atomic mass is 127. The summed E-state index contributed by atoms with van der Waals surface area (Å²) in [6, 6.07) is 0. The normalized spacial score (nSPS) is 53.4. The van der Waals surface area contributed by atoms with Gasteiger partial charge in [0.25, 0.3) is 0 Å². The predicted octanol–water partition coefficient (Wildman–Crippen LogP) is 3.41. The Kier molecular flexibility index (Phi) is 2.48. The van der Waals surface area contributed by atoms with Crippen molar-refractivity contribution in [3.63, 3.8) is 0 Å². The molecule has 2 aliphatic rings. The smallest absolute Gasteiger partial charge is 0.0261 e. The number of halogens is 2. The molecule has 4 unspecified atom stereocenters. The Morgan fingerprint density at radius 3 is 1.60 bits per heavy atom. The number of rotatable bonds is 0. The molecule has 0 aromatic carbocycles. The second kappa shape index (κ2) is 3.07. The highest BCUT2D eigenvalue weighted by molar-refractivity contribution is 14.1. The van der Waals surface area contributed by atoms with E-state index in [1.807, 2.05) is 0 Å². The molecule has 0 aromatic heterocycles. The Hall–Kier alpha value is 1.46. The zero-order valence-electron chi connectivity index (χ0n) is 5.89. The molecule has 2 heteroatoms. The van der Waals surface area contributed by atoms with E-state index in [-0.39, 0.29) is 0 Å². The van der Waals surface area contributed by atoms with Gasteiger partial charge in [-0.3, -0.25) is 0 Å². The summed E-state index contributed by atoms with van der Waals surface area (Å²) in [4.78, 5) is 0. The maximum atomic E-state index is 2.65. The fourth-order valence-electron chi connectivity index (χ4n) is 2.31. The number of hydrogen-bond acceptors (Lipinski definition) is 0. The van der Waals surface area contributed by atoms with E-state index in [1.54, 1.807) is 0 Å². The first-order chi connectivity index (χ1) is 4.80. The van der Waals surface area contributed by atoms with Gasteiger partial charge >= 0.3 is 0 Å². The van der Waals surface area contributed by atoms with Crippen LogP contribution in [-0.4, -0.2) is 7.85 Å². The van der Waals surface area contributed by atoms with E-state index in [0.717, 1.165) is 19.7 Å². The fourth-order valence-corrected chi connectivity index (χ4v) is 5.16. The maximum Gasteiger partial charge on any atom is 0.0261 e. The van der Waals surface area contributed by atoms with Gasteiger partial charge in [0.05, 0.1) is 0 Å². The SMILES string of the molecule is IC1C(I)C2CCCCC12. The minimum atomic E-state index is 1.00. The van der Waals surface area contributed by atoms with Gasteiger partial charge < -0.3 is 0 Å². The van der Waals surface area contributed by atoms with Crippen molar-refractivity contribution >= 4 is 45.2 Å². The molecule has 10 heavy (non-hydrogen) atoms. The van der Waals surface area contributed by atoms with E-state index >= 15 is 0 Å². The van der Waals surface area contributed by atoms with Crippen LogP contribution in [0.15, 0.2) is 0 Å². The van der Waals surface area contributed by atoms with Gasteiger partial charge in [-0.15, -0.1) is 0 Å². The molecule has 4 atom stereocenters. The minimum Gasteiger partial charge on any atom is -0.0812 e. The average Bonchev–Trinajstić information content (AvgIpc) is 2.03. The van der Waals surface area contributed by atoms with Crippen molar-refractivity contribution in [2.45, 2.75) is 33.5 Å². The summed E-state index contributed by atoms with van der Waals surface area (Å²) in [6.45, 7) is 0. The minimum absolute atomic E-state index is 1.00. The van der Waals surface area contributed by atoms with Crippen LogP contribution < -0.4 is 0 Å². The molecular formula is C8H12I2. The summed E-state index contributed by atoms with van der Waals surface area (Å²) < 4.78 is 2.01. The van der Waals surface area contributed by atoms with Gasteiger partial charge in [-0.2, -0.15) is 0 Å². The van der Waals surface area contributed by atoms with Crippen LogP contribution in [0.1, 0.15) is 25.7 Å². The van der Waals surface area contributed by atoms with Gasteiger partial charge in [0.15, 0.2) is 0 Å². The van der Waals surface area contributed by atoms with Crippen LogP contribution in [0.25, 0.3) is 0 Å². The van der Waals surface area contributed by atoms with Gasteiger partial charge in [-0.25, -0.2) is 0 Å². The lowest BCUT2D eigenvalue weighted by atomic mass is 9.65. The third-order valence-electron chi connectivity index (χ3n) is 3.00. The van der Waals surface area contributed by atoms with Gasteiger partial charge in [0, 0.05) is 7.85 Å². The molecule has 0 amide bonds. The summed E-state index contributed by atoms with van der Waals surface area (Å²) >= 11 is 5.29. The van der Waals surface area contributed by atoms with Crippen molar-refractivity contribution in [1.29, 1.82) is 0 Å². The van der Waals surface area contributed by atoms with Crippen LogP contribution >= 0.6 is 45.2 Å². The Labute approximate surface area is 89.8 Å². The van der Waals surface area contributed by atoms with E-state index in [4.69, 9.17) is 0 Å². The lowest BCUT2D eigenvalue weighted by Gasteiger charge is -2.50. The van der Waals surface area contributed by atoms with E-state index in [0.29, 0.717) is 0 Å². The first kappa shape index (κ1) is 8.08. The van der Waals surface area contributed by atoms with Gasteiger partial charge in [0.2, 0.25) is 0 Å². The fraction of sp³-hybridized carbons (Fsp3) is 1.00. The van der Waals surface area contributed by atoms with E-state index in [1.165, 1.54) is 25.7 Å². The number of hydrogen-bond donors (Lipinski definition) is 0.